The molecule has 0 saturated carbocycles. The van der Waals surface area contributed by atoms with Gasteiger partial charge < -0.3 is 9.73 Å². The van der Waals surface area contributed by atoms with E-state index < -0.39 is 0 Å². The highest BCUT2D eigenvalue weighted by molar-refractivity contribution is 6.09. The molecule has 0 unspecified atom stereocenters. The van der Waals surface area contributed by atoms with Gasteiger partial charge in [0.25, 0.3) is 0 Å². The van der Waals surface area contributed by atoms with E-state index in [4.69, 9.17) is 4.42 Å². The van der Waals surface area contributed by atoms with Crippen molar-refractivity contribution < 1.29 is 14.0 Å². The van der Waals surface area contributed by atoms with Gasteiger partial charge in [-0.2, -0.15) is 0 Å². The van der Waals surface area contributed by atoms with Gasteiger partial charge in [-0.15, -0.1) is 0 Å². The first-order valence-corrected chi connectivity index (χ1v) is 6.10. The van der Waals surface area contributed by atoms with E-state index in [2.05, 4.69) is 5.32 Å². The number of hydrogen-bond donors (Lipinski definition) is 1. The third kappa shape index (κ3) is 2.91. The van der Waals surface area contributed by atoms with Gasteiger partial charge in [-0.3, -0.25) is 9.59 Å². The van der Waals surface area contributed by atoms with Crippen LogP contribution in [0, 0.1) is 0 Å². The average Bonchev–Trinajstić information content (AvgIpc) is 2.86. The third-order valence-corrected chi connectivity index (χ3v) is 2.78. The predicted molar refractivity (Wildman–Crippen MR) is 72.3 cm³/mol. The Hall–Kier alpha value is -2.36. The average molecular weight is 257 g/mol. The number of hydrogen-bond acceptors (Lipinski definition) is 3. The molecule has 0 bridgehead atoms. The highest BCUT2D eigenvalue weighted by Gasteiger charge is 2.15. The number of anilines is 1. The lowest BCUT2D eigenvalue weighted by molar-refractivity contribution is -0.114. The molecule has 1 heterocycles. The fourth-order valence-electron chi connectivity index (χ4n) is 1.88. The number of benzene rings is 1. The number of furan rings is 1. The number of carbonyl (C=O) groups excluding carboxylic acids is 2. The van der Waals surface area contributed by atoms with Crippen LogP contribution in [0.3, 0.4) is 0 Å². The van der Waals surface area contributed by atoms with Gasteiger partial charge in [-0.25, -0.2) is 0 Å². The zero-order valence-electron chi connectivity index (χ0n) is 10.9. The number of nitrogens with one attached hydrogen (secondary N) is 1. The van der Waals surface area contributed by atoms with Gasteiger partial charge in [-0.05, 0) is 30.3 Å². The van der Waals surface area contributed by atoms with Crippen LogP contribution in [0.1, 0.15) is 35.5 Å². The number of carbonyl (C=O) groups is 2. The van der Waals surface area contributed by atoms with Crippen molar-refractivity contribution in [3.8, 4) is 0 Å². The van der Waals surface area contributed by atoms with Gasteiger partial charge in [0.15, 0.2) is 5.78 Å². The van der Waals surface area contributed by atoms with Crippen molar-refractivity contribution in [2.24, 2.45) is 0 Å². The number of rotatable bonds is 4. The highest BCUT2D eigenvalue weighted by Crippen LogP contribution is 2.18. The van der Waals surface area contributed by atoms with E-state index in [9.17, 15) is 9.59 Å². The Kier molecular flexibility index (Phi) is 3.80. The molecule has 98 valence electrons. The first-order chi connectivity index (χ1) is 9.11. The van der Waals surface area contributed by atoms with Crippen LogP contribution in [-0.4, -0.2) is 11.7 Å². The summed E-state index contributed by atoms with van der Waals surface area (Å²) in [6.07, 6.45) is 2.20. The van der Waals surface area contributed by atoms with Gasteiger partial charge in [0, 0.05) is 24.6 Å². The molecule has 0 saturated heterocycles. The molecule has 1 aromatic carbocycles. The van der Waals surface area contributed by atoms with Gasteiger partial charge in [0.2, 0.25) is 5.91 Å². The maximum Gasteiger partial charge on any atom is 0.221 e. The molecule has 0 atom stereocenters. The molecule has 0 aliphatic heterocycles. The van der Waals surface area contributed by atoms with Crippen LogP contribution < -0.4 is 5.32 Å². The molecule has 0 fully saturated rings. The molecule has 4 heteroatoms. The number of aryl methyl sites for hydroxylation is 1. The Labute approximate surface area is 111 Å². The van der Waals surface area contributed by atoms with Gasteiger partial charge >= 0.3 is 0 Å². The van der Waals surface area contributed by atoms with Gasteiger partial charge in [-0.1, -0.05) is 6.92 Å². The van der Waals surface area contributed by atoms with E-state index in [1.165, 1.54) is 13.2 Å². The normalized spacial score (nSPS) is 10.2. The van der Waals surface area contributed by atoms with Crippen molar-refractivity contribution in [3.05, 3.63) is 53.5 Å². The second-order valence-electron chi connectivity index (χ2n) is 4.20. The lowest BCUT2D eigenvalue weighted by Crippen LogP contribution is -2.07. The summed E-state index contributed by atoms with van der Waals surface area (Å²) in [6.45, 7) is 3.38. The van der Waals surface area contributed by atoms with Crippen LogP contribution in [-0.2, 0) is 11.2 Å². The molecule has 19 heavy (non-hydrogen) atoms. The molecule has 0 radical (unpaired) electrons. The van der Waals surface area contributed by atoms with Crippen molar-refractivity contribution in [3.63, 3.8) is 0 Å². The molecule has 0 spiro atoms. The van der Waals surface area contributed by atoms with Crippen LogP contribution in [0.25, 0.3) is 0 Å². The summed E-state index contributed by atoms with van der Waals surface area (Å²) in [5.41, 5.74) is 1.84. The molecule has 0 aliphatic carbocycles. The zero-order chi connectivity index (χ0) is 13.8. The smallest absolute Gasteiger partial charge is 0.221 e. The largest absolute Gasteiger partial charge is 0.469 e. The molecule has 1 amide bonds. The molecule has 2 aromatic rings. The minimum Gasteiger partial charge on any atom is -0.469 e. The van der Waals surface area contributed by atoms with Crippen molar-refractivity contribution in [1.82, 2.24) is 0 Å². The third-order valence-electron chi connectivity index (χ3n) is 2.78. The van der Waals surface area contributed by atoms with Crippen LogP contribution in [0.2, 0.25) is 0 Å². The molecular formula is C15H15NO3. The number of ketones is 1. The Morgan fingerprint density at radius 2 is 1.84 bits per heavy atom. The molecule has 1 aromatic heterocycles. The van der Waals surface area contributed by atoms with Crippen LogP contribution in [0.15, 0.2) is 41.0 Å². The summed E-state index contributed by atoms with van der Waals surface area (Å²) in [7, 11) is 0. The second-order valence-corrected chi connectivity index (χ2v) is 4.20. The molecule has 1 N–H and O–H groups in total. The fourth-order valence-corrected chi connectivity index (χ4v) is 1.88. The summed E-state index contributed by atoms with van der Waals surface area (Å²) in [6, 6.07) is 8.49. The highest BCUT2D eigenvalue weighted by atomic mass is 16.3. The van der Waals surface area contributed by atoms with E-state index in [0.29, 0.717) is 29.0 Å². The second kappa shape index (κ2) is 5.52. The van der Waals surface area contributed by atoms with Crippen molar-refractivity contribution in [2.75, 3.05) is 5.32 Å². The van der Waals surface area contributed by atoms with Crippen molar-refractivity contribution in [2.45, 2.75) is 20.3 Å². The molecular weight excluding hydrogens is 242 g/mol. The van der Waals surface area contributed by atoms with Crippen molar-refractivity contribution >= 4 is 17.4 Å². The maximum absolute atomic E-state index is 12.3. The van der Waals surface area contributed by atoms with E-state index in [1.54, 1.807) is 30.3 Å². The standard InChI is InChI=1S/C15H15NO3/c1-3-14-13(8-9-19-14)15(18)11-4-6-12(7-5-11)16-10(2)17/h4-9H,3H2,1-2H3,(H,16,17). The Balaban J connectivity index is 2.22. The lowest BCUT2D eigenvalue weighted by atomic mass is 10.0. The van der Waals surface area contributed by atoms with Crippen molar-refractivity contribution in [1.29, 1.82) is 0 Å². The monoisotopic (exact) mass is 257 g/mol. The first-order valence-electron chi connectivity index (χ1n) is 6.10. The van der Waals surface area contributed by atoms with Crippen LogP contribution >= 0.6 is 0 Å². The number of amides is 1. The van der Waals surface area contributed by atoms with Gasteiger partial charge in [0.1, 0.15) is 5.76 Å². The summed E-state index contributed by atoms with van der Waals surface area (Å²) in [5, 5.41) is 2.66. The van der Waals surface area contributed by atoms with E-state index in [0.717, 1.165) is 0 Å². The lowest BCUT2D eigenvalue weighted by Gasteiger charge is -2.04. The molecule has 2 rings (SSSR count). The Morgan fingerprint density at radius 3 is 2.42 bits per heavy atom. The summed E-state index contributed by atoms with van der Waals surface area (Å²) in [4.78, 5) is 23.2. The SMILES string of the molecule is CCc1occc1C(=O)c1ccc(NC(C)=O)cc1. The Bertz CT molecular complexity index is 596. The molecule has 4 nitrogen and oxygen atoms in total. The van der Waals surface area contributed by atoms with Crippen LogP contribution in [0.5, 0.6) is 0 Å². The van der Waals surface area contributed by atoms with Crippen LogP contribution in [0.4, 0.5) is 5.69 Å². The summed E-state index contributed by atoms with van der Waals surface area (Å²) >= 11 is 0. The Morgan fingerprint density at radius 1 is 1.16 bits per heavy atom. The minimum atomic E-state index is -0.137. The predicted octanol–water partition coefficient (Wildman–Crippen LogP) is 3.03. The molecule has 0 aliphatic rings. The topological polar surface area (TPSA) is 59.3 Å². The first kappa shape index (κ1) is 13.1. The summed E-state index contributed by atoms with van der Waals surface area (Å²) < 4.78 is 5.25. The van der Waals surface area contributed by atoms with E-state index in [-0.39, 0.29) is 11.7 Å². The van der Waals surface area contributed by atoms with Gasteiger partial charge in [0.05, 0.1) is 11.8 Å². The minimum absolute atomic E-state index is 0.0695. The fraction of sp³-hybridized carbons (Fsp3) is 0.200. The van der Waals surface area contributed by atoms with E-state index >= 15 is 0 Å². The van der Waals surface area contributed by atoms with E-state index in [1.807, 2.05) is 6.92 Å². The summed E-state index contributed by atoms with van der Waals surface area (Å²) in [5.74, 6) is 0.484. The maximum atomic E-state index is 12.3. The zero-order valence-corrected chi connectivity index (χ0v) is 10.9. The quantitative estimate of drug-likeness (QED) is 0.856.